The smallest absolute Gasteiger partial charge is 0.258 e. The minimum Gasteiger partial charge on any atom is -0.493 e. The number of hydrogen-bond donors (Lipinski definition) is 1. The first kappa shape index (κ1) is 17.6. The molecule has 0 bridgehead atoms. The summed E-state index contributed by atoms with van der Waals surface area (Å²) in [6, 6.07) is 10.4. The van der Waals surface area contributed by atoms with Crippen LogP contribution in [0.3, 0.4) is 0 Å². The van der Waals surface area contributed by atoms with Crippen LogP contribution in [-0.2, 0) is 4.74 Å². The molecule has 1 saturated heterocycles. The topological polar surface area (TPSA) is 81.0 Å². The molecular formula is C18H18ClN5O3. The highest BCUT2D eigenvalue weighted by Gasteiger charge is 2.19. The molecule has 0 unspecified atom stereocenters. The predicted octanol–water partition coefficient (Wildman–Crippen LogP) is 2.48. The highest BCUT2D eigenvalue weighted by molar-refractivity contribution is 6.30. The first-order valence-electron chi connectivity index (χ1n) is 8.49. The number of nitrogens with one attached hydrogen (secondary N) is 1. The summed E-state index contributed by atoms with van der Waals surface area (Å²) in [5.41, 5.74) is 1.01. The summed E-state index contributed by atoms with van der Waals surface area (Å²) in [4.78, 5) is 19.0. The fourth-order valence-electron chi connectivity index (χ4n) is 2.95. The molecule has 1 fully saturated rings. The SMILES string of the molecule is COc1ccc(N2CCOCC2)n2nc(NC(=O)c3ccc(Cl)cc3)nc12. The average molecular weight is 388 g/mol. The second kappa shape index (κ2) is 7.42. The lowest BCUT2D eigenvalue weighted by Crippen LogP contribution is -2.37. The molecule has 140 valence electrons. The third kappa shape index (κ3) is 3.54. The van der Waals surface area contributed by atoms with Crippen LogP contribution in [0.5, 0.6) is 5.75 Å². The van der Waals surface area contributed by atoms with Crippen LogP contribution in [0.4, 0.5) is 11.8 Å². The highest BCUT2D eigenvalue weighted by Crippen LogP contribution is 2.26. The Morgan fingerprint density at radius 3 is 2.63 bits per heavy atom. The Balaban J connectivity index is 1.67. The number of methoxy groups -OCH3 is 1. The van der Waals surface area contributed by atoms with Crippen molar-refractivity contribution in [3.8, 4) is 5.75 Å². The minimum atomic E-state index is -0.311. The van der Waals surface area contributed by atoms with Gasteiger partial charge >= 0.3 is 0 Å². The third-order valence-corrected chi connectivity index (χ3v) is 4.57. The van der Waals surface area contributed by atoms with E-state index in [1.807, 2.05) is 12.1 Å². The average Bonchev–Trinajstić information content (AvgIpc) is 3.11. The second-order valence-corrected chi connectivity index (χ2v) is 6.43. The van der Waals surface area contributed by atoms with Crippen molar-refractivity contribution in [3.63, 3.8) is 0 Å². The van der Waals surface area contributed by atoms with Crippen LogP contribution in [0.15, 0.2) is 36.4 Å². The summed E-state index contributed by atoms with van der Waals surface area (Å²) < 4.78 is 12.5. The van der Waals surface area contributed by atoms with Gasteiger partial charge in [-0.1, -0.05) is 11.6 Å². The van der Waals surface area contributed by atoms with Crippen LogP contribution in [0.1, 0.15) is 10.4 Å². The number of morpholine rings is 1. The van der Waals surface area contributed by atoms with Crippen LogP contribution < -0.4 is 15.0 Å². The molecule has 0 spiro atoms. The molecule has 0 saturated carbocycles. The van der Waals surface area contributed by atoms with Crippen molar-refractivity contribution in [3.05, 3.63) is 47.0 Å². The monoisotopic (exact) mass is 387 g/mol. The fraction of sp³-hybridized carbons (Fsp3) is 0.278. The largest absolute Gasteiger partial charge is 0.493 e. The summed E-state index contributed by atoms with van der Waals surface area (Å²) in [5.74, 6) is 1.34. The number of aromatic nitrogens is 3. The van der Waals surface area contributed by atoms with Crippen LogP contribution in [0.2, 0.25) is 5.02 Å². The Morgan fingerprint density at radius 1 is 1.19 bits per heavy atom. The van der Waals surface area contributed by atoms with Gasteiger partial charge in [0, 0.05) is 23.7 Å². The van der Waals surface area contributed by atoms with Crippen molar-refractivity contribution in [2.75, 3.05) is 43.6 Å². The van der Waals surface area contributed by atoms with Gasteiger partial charge in [-0.2, -0.15) is 9.50 Å². The number of halogens is 1. The van der Waals surface area contributed by atoms with Gasteiger partial charge in [-0.15, -0.1) is 5.10 Å². The molecule has 0 radical (unpaired) electrons. The van der Waals surface area contributed by atoms with Gasteiger partial charge in [0.15, 0.2) is 5.75 Å². The van der Waals surface area contributed by atoms with Crippen molar-refractivity contribution < 1.29 is 14.3 Å². The standard InChI is InChI=1S/C18H18ClN5O3/c1-26-14-6-7-15(23-8-10-27-11-9-23)24-16(14)20-18(22-24)21-17(25)12-2-4-13(19)5-3-12/h2-7H,8-11H2,1H3,(H,21,22,25). The lowest BCUT2D eigenvalue weighted by molar-refractivity contribution is 0.102. The van der Waals surface area contributed by atoms with Crippen LogP contribution in [0.25, 0.3) is 5.65 Å². The third-order valence-electron chi connectivity index (χ3n) is 4.32. The number of anilines is 2. The second-order valence-electron chi connectivity index (χ2n) is 5.99. The summed E-state index contributed by atoms with van der Waals surface area (Å²) in [6.07, 6.45) is 0. The van der Waals surface area contributed by atoms with Gasteiger partial charge in [-0.3, -0.25) is 10.1 Å². The van der Waals surface area contributed by atoms with E-state index in [0.29, 0.717) is 35.2 Å². The molecule has 4 rings (SSSR count). The highest BCUT2D eigenvalue weighted by atomic mass is 35.5. The lowest BCUT2D eigenvalue weighted by Gasteiger charge is -2.28. The Kier molecular flexibility index (Phi) is 4.83. The summed E-state index contributed by atoms with van der Waals surface area (Å²) in [5, 5.41) is 7.76. The maximum Gasteiger partial charge on any atom is 0.258 e. The molecular weight excluding hydrogens is 370 g/mol. The molecule has 0 atom stereocenters. The van der Waals surface area contributed by atoms with E-state index in [2.05, 4.69) is 20.3 Å². The zero-order valence-corrected chi connectivity index (χ0v) is 15.4. The molecule has 27 heavy (non-hydrogen) atoms. The quantitative estimate of drug-likeness (QED) is 0.740. The molecule has 1 aromatic carbocycles. The summed E-state index contributed by atoms with van der Waals surface area (Å²) in [6.45, 7) is 2.83. The molecule has 3 heterocycles. The number of carbonyl (C=O) groups excluding carboxylic acids is 1. The van der Waals surface area contributed by atoms with E-state index in [4.69, 9.17) is 21.1 Å². The Labute approximate surface area is 160 Å². The minimum absolute atomic E-state index is 0.203. The molecule has 2 aromatic heterocycles. The van der Waals surface area contributed by atoms with E-state index in [0.717, 1.165) is 18.9 Å². The van der Waals surface area contributed by atoms with E-state index in [1.165, 1.54) is 0 Å². The van der Waals surface area contributed by atoms with Crippen molar-refractivity contribution in [1.82, 2.24) is 14.6 Å². The summed E-state index contributed by atoms with van der Waals surface area (Å²) >= 11 is 5.87. The number of hydrogen-bond acceptors (Lipinski definition) is 6. The van der Waals surface area contributed by atoms with E-state index in [1.54, 1.807) is 35.9 Å². The number of pyridine rings is 1. The Morgan fingerprint density at radius 2 is 1.93 bits per heavy atom. The first-order chi connectivity index (χ1) is 13.2. The van der Waals surface area contributed by atoms with E-state index in [9.17, 15) is 4.79 Å². The Bertz CT molecular complexity index is 967. The van der Waals surface area contributed by atoms with E-state index >= 15 is 0 Å². The van der Waals surface area contributed by atoms with Gasteiger partial charge in [-0.25, -0.2) is 0 Å². The maximum absolute atomic E-state index is 12.4. The number of fused-ring (bicyclic) bond motifs is 1. The van der Waals surface area contributed by atoms with Crippen molar-refractivity contribution in [2.24, 2.45) is 0 Å². The van der Waals surface area contributed by atoms with Gasteiger partial charge in [0.25, 0.3) is 5.91 Å². The Hall–Kier alpha value is -2.84. The van der Waals surface area contributed by atoms with Crippen molar-refractivity contribution >= 4 is 34.9 Å². The first-order valence-corrected chi connectivity index (χ1v) is 8.87. The van der Waals surface area contributed by atoms with Crippen LogP contribution in [0, 0.1) is 0 Å². The number of amides is 1. The fourth-order valence-corrected chi connectivity index (χ4v) is 3.07. The number of carbonyl (C=O) groups is 1. The zero-order chi connectivity index (χ0) is 18.8. The van der Waals surface area contributed by atoms with Gasteiger partial charge in [0.05, 0.1) is 20.3 Å². The summed E-state index contributed by atoms with van der Waals surface area (Å²) in [7, 11) is 1.57. The number of benzene rings is 1. The maximum atomic E-state index is 12.4. The lowest BCUT2D eigenvalue weighted by atomic mass is 10.2. The number of nitrogens with zero attached hydrogens (tertiary/aromatic N) is 4. The van der Waals surface area contributed by atoms with Gasteiger partial charge in [0.1, 0.15) is 5.82 Å². The number of ether oxygens (including phenoxy) is 2. The predicted molar refractivity (Wildman–Crippen MR) is 102 cm³/mol. The number of rotatable bonds is 4. The van der Waals surface area contributed by atoms with Crippen LogP contribution >= 0.6 is 11.6 Å². The molecule has 1 aliphatic heterocycles. The molecule has 3 aromatic rings. The van der Waals surface area contributed by atoms with E-state index < -0.39 is 0 Å². The molecule has 1 amide bonds. The van der Waals surface area contributed by atoms with Crippen molar-refractivity contribution in [1.29, 1.82) is 0 Å². The van der Waals surface area contributed by atoms with Gasteiger partial charge in [0.2, 0.25) is 11.6 Å². The molecule has 1 aliphatic rings. The van der Waals surface area contributed by atoms with Gasteiger partial charge in [-0.05, 0) is 36.4 Å². The molecule has 0 aliphatic carbocycles. The van der Waals surface area contributed by atoms with Gasteiger partial charge < -0.3 is 14.4 Å². The molecule has 8 nitrogen and oxygen atoms in total. The van der Waals surface area contributed by atoms with Crippen LogP contribution in [-0.4, -0.2) is 53.9 Å². The zero-order valence-electron chi connectivity index (χ0n) is 14.7. The van der Waals surface area contributed by atoms with Crippen molar-refractivity contribution in [2.45, 2.75) is 0 Å². The normalized spacial score (nSPS) is 14.4. The molecule has 9 heteroatoms. The van der Waals surface area contributed by atoms with E-state index in [-0.39, 0.29) is 11.9 Å². The molecule has 1 N–H and O–H groups in total.